The van der Waals surface area contributed by atoms with Crippen molar-refractivity contribution in [1.29, 1.82) is 0 Å². The molecule has 2 amide bonds. The number of likely N-dealkylation sites (N-methyl/N-ethyl adjacent to an activating group) is 1. The molecule has 166 valence electrons. The topological polar surface area (TPSA) is 58.6 Å². The van der Waals surface area contributed by atoms with Crippen molar-refractivity contribution in [3.63, 3.8) is 0 Å². The summed E-state index contributed by atoms with van der Waals surface area (Å²) in [4.78, 5) is 27.8. The van der Waals surface area contributed by atoms with Gasteiger partial charge in [-0.05, 0) is 36.2 Å². The Hall–Kier alpha value is -3.31. The van der Waals surface area contributed by atoms with Gasteiger partial charge in [0.2, 0.25) is 5.91 Å². The Labute approximate surface area is 194 Å². The first kappa shape index (κ1) is 23.4. The zero-order valence-electron chi connectivity index (χ0n) is 18.3. The zero-order valence-corrected chi connectivity index (χ0v) is 19.0. The average molecular weight is 451 g/mol. The number of carbonyl (C=O) groups excluding carboxylic acids is 2. The Morgan fingerprint density at radius 3 is 2.38 bits per heavy atom. The van der Waals surface area contributed by atoms with E-state index in [4.69, 9.17) is 16.3 Å². The molecule has 1 N–H and O–H groups in total. The van der Waals surface area contributed by atoms with Crippen LogP contribution in [-0.2, 0) is 22.6 Å². The second-order valence-electron chi connectivity index (χ2n) is 7.58. The molecule has 0 aliphatic carbocycles. The third kappa shape index (κ3) is 6.59. The first-order valence-corrected chi connectivity index (χ1v) is 10.8. The molecule has 0 aromatic heterocycles. The van der Waals surface area contributed by atoms with Gasteiger partial charge in [-0.25, -0.2) is 0 Å². The minimum absolute atomic E-state index is 0.200. The monoisotopic (exact) mass is 450 g/mol. The van der Waals surface area contributed by atoms with E-state index < -0.39 is 6.04 Å². The zero-order chi connectivity index (χ0) is 22.9. The second-order valence-corrected chi connectivity index (χ2v) is 8.01. The summed E-state index contributed by atoms with van der Waals surface area (Å²) in [6.07, 6.45) is 0.398. The number of benzene rings is 3. The summed E-state index contributed by atoms with van der Waals surface area (Å²) in [5.41, 5.74) is 3.01. The average Bonchev–Trinajstić information content (AvgIpc) is 2.80. The van der Waals surface area contributed by atoms with E-state index in [1.807, 2.05) is 61.5 Å². The Bertz CT molecular complexity index is 1060. The highest BCUT2D eigenvalue weighted by atomic mass is 35.5. The summed E-state index contributed by atoms with van der Waals surface area (Å²) >= 11 is 6.02. The Kier molecular flexibility index (Phi) is 8.28. The Morgan fingerprint density at radius 2 is 1.69 bits per heavy atom. The van der Waals surface area contributed by atoms with Gasteiger partial charge in [0.15, 0.2) is 6.61 Å². The van der Waals surface area contributed by atoms with Gasteiger partial charge >= 0.3 is 0 Å². The summed E-state index contributed by atoms with van der Waals surface area (Å²) in [5.74, 6) is -0.00506. The quantitative estimate of drug-likeness (QED) is 0.525. The number of halogens is 1. The largest absolute Gasteiger partial charge is 0.484 e. The van der Waals surface area contributed by atoms with Crippen LogP contribution in [-0.4, -0.2) is 36.4 Å². The van der Waals surface area contributed by atoms with Crippen molar-refractivity contribution in [3.8, 4) is 5.75 Å². The van der Waals surface area contributed by atoms with Crippen molar-refractivity contribution in [2.24, 2.45) is 0 Å². The van der Waals surface area contributed by atoms with Crippen LogP contribution in [0.3, 0.4) is 0 Å². The van der Waals surface area contributed by atoms with E-state index >= 15 is 0 Å². The summed E-state index contributed by atoms with van der Waals surface area (Å²) in [7, 11) is 1.58. The number of carbonyl (C=O) groups is 2. The standard InChI is InChI=1S/C26H27ClN2O3/c1-19-8-6-11-21(14-19)17-29(25(30)18-32-23-13-7-12-22(27)16-23)24(26(31)28-2)15-20-9-4-3-5-10-20/h3-14,16,24H,15,17-18H2,1-2H3,(H,28,31)/t24-/m1/s1. The van der Waals surface area contributed by atoms with Crippen LogP contribution in [0.4, 0.5) is 0 Å². The van der Waals surface area contributed by atoms with Crippen LogP contribution in [0.5, 0.6) is 5.75 Å². The lowest BCUT2D eigenvalue weighted by Crippen LogP contribution is -2.51. The third-order valence-corrected chi connectivity index (χ3v) is 5.35. The van der Waals surface area contributed by atoms with Crippen molar-refractivity contribution in [1.82, 2.24) is 10.2 Å². The molecule has 0 aliphatic rings. The maximum atomic E-state index is 13.3. The van der Waals surface area contributed by atoms with Gasteiger partial charge in [0.25, 0.3) is 5.91 Å². The number of amides is 2. The summed E-state index contributed by atoms with van der Waals surface area (Å²) in [5, 5.41) is 3.23. The van der Waals surface area contributed by atoms with Gasteiger partial charge in [-0.1, -0.05) is 77.8 Å². The molecule has 0 unspecified atom stereocenters. The number of hydrogen-bond acceptors (Lipinski definition) is 3. The number of aryl methyl sites for hydroxylation is 1. The van der Waals surface area contributed by atoms with Crippen molar-refractivity contribution < 1.29 is 14.3 Å². The van der Waals surface area contributed by atoms with Crippen molar-refractivity contribution >= 4 is 23.4 Å². The lowest BCUT2D eigenvalue weighted by Gasteiger charge is -2.31. The molecular formula is C26H27ClN2O3. The van der Waals surface area contributed by atoms with Gasteiger partial charge in [0, 0.05) is 25.0 Å². The van der Waals surface area contributed by atoms with Crippen LogP contribution in [0.25, 0.3) is 0 Å². The van der Waals surface area contributed by atoms with Crippen LogP contribution in [0.1, 0.15) is 16.7 Å². The molecule has 0 saturated heterocycles. The SMILES string of the molecule is CNC(=O)[C@@H](Cc1ccccc1)N(Cc1cccc(C)c1)C(=O)COc1cccc(Cl)c1. The van der Waals surface area contributed by atoms with Crippen molar-refractivity contribution in [2.45, 2.75) is 25.9 Å². The number of ether oxygens (including phenoxy) is 1. The van der Waals surface area contributed by atoms with Crippen LogP contribution >= 0.6 is 11.6 Å². The fourth-order valence-electron chi connectivity index (χ4n) is 3.51. The number of nitrogens with zero attached hydrogens (tertiary/aromatic N) is 1. The normalized spacial score (nSPS) is 11.5. The van der Waals surface area contributed by atoms with E-state index in [1.54, 1.807) is 36.2 Å². The van der Waals surface area contributed by atoms with E-state index in [0.29, 0.717) is 23.7 Å². The van der Waals surface area contributed by atoms with Crippen LogP contribution < -0.4 is 10.1 Å². The van der Waals surface area contributed by atoms with Gasteiger partial charge in [-0.15, -0.1) is 0 Å². The fraction of sp³-hybridized carbons (Fsp3) is 0.231. The van der Waals surface area contributed by atoms with Crippen LogP contribution in [0.15, 0.2) is 78.9 Å². The molecule has 0 radical (unpaired) electrons. The molecule has 3 aromatic rings. The molecule has 0 saturated carbocycles. The number of nitrogens with one attached hydrogen (secondary N) is 1. The predicted molar refractivity (Wildman–Crippen MR) is 127 cm³/mol. The Balaban J connectivity index is 1.87. The first-order valence-electron chi connectivity index (χ1n) is 10.4. The van der Waals surface area contributed by atoms with Crippen molar-refractivity contribution in [3.05, 3.63) is 101 Å². The predicted octanol–water partition coefficient (Wildman–Crippen LogP) is 4.41. The smallest absolute Gasteiger partial charge is 0.261 e. The van der Waals surface area contributed by atoms with Gasteiger partial charge in [0.05, 0.1) is 0 Å². The molecule has 0 bridgehead atoms. The maximum Gasteiger partial charge on any atom is 0.261 e. The molecule has 0 spiro atoms. The fourth-order valence-corrected chi connectivity index (χ4v) is 3.69. The second kappa shape index (κ2) is 11.3. The Morgan fingerprint density at radius 1 is 0.969 bits per heavy atom. The molecule has 0 heterocycles. The number of hydrogen-bond donors (Lipinski definition) is 1. The molecule has 0 fully saturated rings. The molecular weight excluding hydrogens is 424 g/mol. The van der Waals surface area contributed by atoms with Gasteiger partial charge in [0.1, 0.15) is 11.8 Å². The highest BCUT2D eigenvalue weighted by Crippen LogP contribution is 2.19. The first-order chi connectivity index (χ1) is 15.5. The number of rotatable bonds is 9. The minimum atomic E-state index is -0.682. The summed E-state index contributed by atoms with van der Waals surface area (Å²) in [6.45, 7) is 2.09. The molecule has 5 nitrogen and oxygen atoms in total. The molecule has 3 aromatic carbocycles. The van der Waals surface area contributed by atoms with E-state index in [0.717, 1.165) is 16.7 Å². The van der Waals surface area contributed by atoms with Crippen LogP contribution in [0.2, 0.25) is 5.02 Å². The highest BCUT2D eigenvalue weighted by molar-refractivity contribution is 6.30. The molecule has 3 rings (SSSR count). The van der Waals surface area contributed by atoms with E-state index in [2.05, 4.69) is 5.32 Å². The van der Waals surface area contributed by atoms with E-state index in [1.165, 1.54) is 0 Å². The lowest BCUT2D eigenvalue weighted by molar-refractivity contribution is -0.142. The molecule has 32 heavy (non-hydrogen) atoms. The van der Waals surface area contributed by atoms with Gasteiger partial charge < -0.3 is 15.0 Å². The third-order valence-electron chi connectivity index (χ3n) is 5.11. The molecule has 1 atom stereocenters. The van der Waals surface area contributed by atoms with Crippen molar-refractivity contribution in [2.75, 3.05) is 13.7 Å². The summed E-state index contributed by atoms with van der Waals surface area (Å²) in [6, 6.07) is 23.8. The molecule has 6 heteroatoms. The van der Waals surface area contributed by atoms with Gasteiger partial charge in [-0.3, -0.25) is 9.59 Å². The minimum Gasteiger partial charge on any atom is -0.484 e. The maximum absolute atomic E-state index is 13.3. The highest BCUT2D eigenvalue weighted by Gasteiger charge is 2.30. The lowest BCUT2D eigenvalue weighted by atomic mass is 10.0. The van der Waals surface area contributed by atoms with E-state index in [-0.39, 0.29) is 18.4 Å². The summed E-state index contributed by atoms with van der Waals surface area (Å²) < 4.78 is 5.70. The van der Waals surface area contributed by atoms with E-state index in [9.17, 15) is 9.59 Å². The molecule has 0 aliphatic heterocycles. The van der Waals surface area contributed by atoms with Crippen LogP contribution in [0, 0.1) is 6.92 Å². The van der Waals surface area contributed by atoms with Gasteiger partial charge in [-0.2, -0.15) is 0 Å².